The van der Waals surface area contributed by atoms with Crippen LogP contribution in [0.15, 0.2) is 72.8 Å². The number of carbonyl (C=O) groups is 2. The molecule has 1 atom stereocenters. The van der Waals surface area contributed by atoms with Crippen molar-refractivity contribution in [2.24, 2.45) is 5.92 Å². The SMILES string of the molecule is CNC(=O)c1ccc2nc(-c3ccc(-c4ccccc4)cc3)n(CC3CCN(C(=O)O)C3)c2c1. The maximum atomic E-state index is 12.3. The first kappa shape index (κ1) is 21.7. The normalized spacial score (nSPS) is 15.6. The largest absolute Gasteiger partial charge is 0.465 e. The van der Waals surface area contributed by atoms with Gasteiger partial charge in [0, 0.05) is 37.8 Å². The van der Waals surface area contributed by atoms with Gasteiger partial charge in [0.05, 0.1) is 11.0 Å². The van der Waals surface area contributed by atoms with E-state index in [9.17, 15) is 14.7 Å². The van der Waals surface area contributed by atoms with E-state index < -0.39 is 6.09 Å². The van der Waals surface area contributed by atoms with Crippen molar-refractivity contribution in [1.29, 1.82) is 0 Å². The van der Waals surface area contributed by atoms with Gasteiger partial charge >= 0.3 is 6.09 Å². The Morgan fingerprint density at radius 2 is 1.71 bits per heavy atom. The average molecular weight is 455 g/mol. The first-order chi connectivity index (χ1) is 16.5. The van der Waals surface area contributed by atoms with Gasteiger partial charge in [0.15, 0.2) is 0 Å². The molecule has 7 nitrogen and oxygen atoms in total. The molecular weight excluding hydrogens is 428 g/mol. The summed E-state index contributed by atoms with van der Waals surface area (Å²) in [4.78, 5) is 30.1. The molecule has 3 aromatic carbocycles. The Kier molecular flexibility index (Phi) is 5.76. The lowest BCUT2D eigenvalue weighted by Gasteiger charge is -2.16. The number of nitrogens with zero attached hydrogens (tertiary/aromatic N) is 3. The molecule has 4 aromatic rings. The number of carboxylic acid groups (broad SMARTS) is 1. The summed E-state index contributed by atoms with van der Waals surface area (Å²) in [7, 11) is 1.61. The fraction of sp³-hybridized carbons (Fsp3) is 0.222. The van der Waals surface area contributed by atoms with Crippen molar-refractivity contribution in [3.05, 3.63) is 78.4 Å². The van der Waals surface area contributed by atoms with E-state index in [1.54, 1.807) is 13.1 Å². The van der Waals surface area contributed by atoms with Crippen molar-refractivity contribution in [1.82, 2.24) is 19.8 Å². The Hall–Kier alpha value is -4.13. The molecule has 2 N–H and O–H groups in total. The zero-order chi connectivity index (χ0) is 23.7. The summed E-state index contributed by atoms with van der Waals surface area (Å²) in [6.45, 7) is 1.67. The molecule has 7 heteroatoms. The van der Waals surface area contributed by atoms with Crippen LogP contribution in [0.25, 0.3) is 33.5 Å². The molecule has 2 heterocycles. The molecule has 1 fully saturated rings. The van der Waals surface area contributed by atoms with Crippen molar-refractivity contribution in [2.45, 2.75) is 13.0 Å². The summed E-state index contributed by atoms with van der Waals surface area (Å²) in [5, 5.41) is 12.0. The Bertz CT molecular complexity index is 1350. The van der Waals surface area contributed by atoms with Crippen LogP contribution >= 0.6 is 0 Å². The minimum atomic E-state index is -0.878. The summed E-state index contributed by atoms with van der Waals surface area (Å²) in [5.41, 5.74) is 5.50. The summed E-state index contributed by atoms with van der Waals surface area (Å²) >= 11 is 0. The number of rotatable bonds is 5. The van der Waals surface area contributed by atoms with Crippen molar-refractivity contribution in [3.63, 3.8) is 0 Å². The summed E-state index contributed by atoms with van der Waals surface area (Å²) in [6, 6.07) is 24.0. The van der Waals surface area contributed by atoms with Crippen molar-refractivity contribution in [3.8, 4) is 22.5 Å². The zero-order valence-electron chi connectivity index (χ0n) is 18.9. The van der Waals surface area contributed by atoms with Crippen molar-refractivity contribution < 1.29 is 14.7 Å². The van der Waals surface area contributed by atoms with Crippen LogP contribution in [-0.4, -0.2) is 51.7 Å². The zero-order valence-corrected chi connectivity index (χ0v) is 18.9. The van der Waals surface area contributed by atoms with E-state index in [1.807, 2.05) is 30.3 Å². The van der Waals surface area contributed by atoms with Gasteiger partial charge in [-0.2, -0.15) is 0 Å². The Labute approximate surface area is 197 Å². The molecule has 2 amide bonds. The number of hydrogen-bond donors (Lipinski definition) is 2. The van der Waals surface area contributed by atoms with Crippen LogP contribution in [0.1, 0.15) is 16.8 Å². The van der Waals surface area contributed by atoms with Crippen LogP contribution in [-0.2, 0) is 6.54 Å². The van der Waals surface area contributed by atoms with Gasteiger partial charge in [0.1, 0.15) is 5.82 Å². The monoisotopic (exact) mass is 454 g/mol. The molecule has 1 saturated heterocycles. The molecule has 5 rings (SSSR count). The van der Waals surface area contributed by atoms with Gasteiger partial charge < -0.3 is 19.9 Å². The van der Waals surface area contributed by atoms with Crippen LogP contribution in [0.4, 0.5) is 4.79 Å². The molecule has 172 valence electrons. The maximum absolute atomic E-state index is 12.3. The highest BCUT2D eigenvalue weighted by Crippen LogP contribution is 2.30. The third-order valence-corrected chi connectivity index (χ3v) is 6.48. The lowest BCUT2D eigenvalue weighted by atomic mass is 10.0. The third-order valence-electron chi connectivity index (χ3n) is 6.48. The molecule has 1 aromatic heterocycles. The predicted molar refractivity (Wildman–Crippen MR) is 132 cm³/mol. The fourth-order valence-electron chi connectivity index (χ4n) is 4.67. The highest BCUT2D eigenvalue weighted by atomic mass is 16.4. The standard InChI is InChI=1S/C27H26N4O3/c1-28-26(32)22-11-12-23-24(15-22)31(17-18-13-14-30(16-18)27(33)34)25(29-23)21-9-7-20(8-10-21)19-5-3-2-4-6-19/h2-12,15,18H,13-14,16-17H2,1H3,(H,28,32)(H,33,34). The Balaban J connectivity index is 1.55. The summed E-state index contributed by atoms with van der Waals surface area (Å²) in [6.07, 6.45) is -0.0790. The molecule has 0 spiro atoms. The van der Waals surface area contributed by atoms with E-state index in [0.29, 0.717) is 25.2 Å². The van der Waals surface area contributed by atoms with Crippen LogP contribution in [0.5, 0.6) is 0 Å². The highest BCUT2D eigenvalue weighted by molar-refractivity contribution is 5.97. The summed E-state index contributed by atoms with van der Waals surface area (Å²) in [5.74, 6) is 0.846. The first-order valence-electron chi connectivity index (χ1n) is 11.4. The number of aromatic nitrogens is 2. The van der Waals surface area contributed by atoms with Crippen LogP contribution in [0.2, 0.25) is 0 Å². The van der Waals surface area contributed by atoms with E-state index in [4.69, 9.17) is 4.98 Å². The molecule has 34 heavy (non-hydrogen) atoms. The molecule has 0 radical (unpaired) electrons. The van der Waals surface area contributed by atoms with E-state index in [2.05, 4.69) is 46.3 Å². The number of carbonyl (C=O) groups excluding carboxylic acids is 1. The maximum Gasteiger partial charge on any atom is 0.407 e. The highest BCUT2D eigenvalue weighted by Gasteiger charge is 2.27. The van der Waals surface area contributed by atoms with E-state index in [1.165, 1.54) is 4.90 Å². The Morgan fingerprint density at radius 1 is 1.00 bits per heavy atom. The minimum Gasteiger partial charge on any atom is -0.465 e. The second kappa shape index (κ2) is 9.02. The third kappa shape index (κ3) is 4.12. The predicted octanol–water partition coefficient (Wildman–Crippen LogP) is 4.73. The number of fused-ring (bicyclic) bond motifs is 1. The van der Waals surface area contributed by atoms with Gasteiger partial charge in [-0.3, -0.25) is 4.79 Å². The van der Waals surface area contributed by atoms with Gasteiger partial charge in [0.25, 0.3) is 5.91 Å². The first-order valence-corrected chi connectivity index (χ1v) is 11.4. The second-order valence-corrected chi connectivity index (χ2v) is 8.66. The van der Waals surface area contributed by atoms with Gasteiger partial charge in [-0.05, 0) is 41.7 Å². The second-order valence-electron chi connectivity index (χ2n) is 8.66. The molecule has 0 bridgehead atoms. The van der Waals surface area contributed by atoms with Gasteiger partial charge in [-0.1, -0.05) is 54.6 Å². The van der Waals surface area contributed by atoms with Crippen molar-refractivity contribution in [2.75, 3.05) is 20.1 Å². The van der Waals surface area contributed by atoms with Gasteiger partial charge in [0.2, 0.25) is 0 Å². The Morgan fingerprint density at radius 3 is 2.38 bits per heavy atom. The topological polar surface area (TPSA) is 87.5 Å². The van der Waals surface area contributed by atoms with E-state index in [-0.39, 0.29) is 11.8 Å². The number of benzene rings is 3. The van der Waals surface area contributed by atoms with Crippen LogP contribution < -0.4 is 5.32 Å². The molecule has 0 aliphatic carbocycles. The lowest BCUT2D eigenvalue weighted by molar-refractivity contribution is 0.0963. The number of amides is 2. The van der Waals surface area contributed by atoms with E-state index >= 15 is 0 Å². The fourth-order valence-corrected chi connectivity index (χ4v) is 4.67. The van der Waals surface area contributed by atoms with E-state index in [0.717, 1.165) is 40.0 Å². The molecule has 0 saturated carbocycles. The average Bonchev–Trinajstić information content (AvgIpc) is 3.49. The minimum absolute atomic E-state index is 0.152. The number of nitrogens with one attached hydrogen (secondary N) is 1. The summed E-state index contributed by atoms with van der Waals surface area (Å²) < 4.78 is 2.13. The molecule has 1 aliphatic heterocycles. The van der Waals surface area contributed by atoms with Crippen LogP contribution in [0.3, 0.4) is 0 Å². The van der Waals surface area contributed by atoms with Crippen molar-refractivity contribution >= 4 is 23.0 Å². The van der Waals surface area contributed by atoms with Gasteiger partial charge in [-0.15, -0.1) is 0 Å². The number of hydrogen-bond acceptors (Lipinski definition) is 3. The van der Waals surface area contributed by atoms with Crippen LogP contribution in [0, 0.1) is 5.92 Å². The molecule has 1 unspecified atom stereocenters. The number of likely N-dealkylation sites (tertiary alicyclic amines) is 1. The van der Waals surface area contributed by atoms with Gasteiger partial charge in [-0.25, -0.2) is 9.78 Å². The smallest absolute Gasteiger partial charge is 0.407 e. The lowest BCUT2D eigenvalue weighted by Crippen LogP contribution is -2.27. The molecular formula is C27H26N4O3. The number of imidazole rings is 1. The quantitative estimate of drug-likeness (QED) is 0.456. The molecule has 1 aliphatic rings.